The van der Waals surface area contributed by atoms with Crippen LogP contribution >= 0.6 is 0 Å². The lowest BCUT2D eigenvalue weighted by molar-refractivity contribution is 0.215. The van der Waals surface area contributed by atoms with E-state index in [1.54, 1.807) is 18.0 Å². The Morgan fingerprint density at radius 3 is 2.73 bits per heavy atom. The van der Waals surface area contributed by atoms with Gasteiger partial charge in [0.1, 0.15) is 11.3 Å². The molecule has 154 valence electrons. The maximum Gasteiger partial charge on any atom is 0.159 e. The molecular weight excluding hydrogens is 378 g/mol. The minimum absolute atomic E-state index is 0.0728. The summed E-state index contributed by atoms with van der Waals surface area (Å²) in [7, 11) is 1.66. The Morgan fingerprint density at radius 1 is 1.23 bits per heavy atom. The Bertz CT molecular complexity index is 1210. The van der Waals surface area contributed by atoms with Gasteiger partial charge in [-0.1, -0.05) is 0 Å². The first-order valence-corrected chi connectivity index (χ1v) is 10.3. The van der Waals surface area contributed by atoms with Crippen molar-refractivity contribution in [3.8, 4) is 22.7 Å². The van der Waals surface area contributed by atoms with Crippen molar-refractivity contribution in [3.63, 3.8) is 0 Å². The Morgan fingerprint density at radius 2 is 2.07 bits per heavy atom. The third kappa shape index (κ3) is 3.06. The van der Waals surface area contributed by atoms with Gasteiger partial charge < -0.3 is 14.4 Å². The monoisotopic (exact) mass is 403 g/mol. The van der Waals surface area contributed by atoms with E-state index in [2.05, 4.69) is 15.9 Å². The zero-order valence-corrected chi connectivity index (χ0v) is 17.4. The minimum Gasteiger partial charge on any atom is -0.496 e. The number of rotatable bonds is 6. The summed E-state index contributed by atoms with van der Waals surface area (Å²) in [6.07, 6.45) is 8.04. The molecule has 0 amide bonds. The summed E-state index contributed by atoms with van der Waals surface area (Å²) in [4.78, 5) is 9.91. The second kappa shape index (κ2) is 7.25. The van der Waals surface area contributed by atoms with Gasteiger partial charge in [-0.05, 0) is 56.4 Å². The number of aliphatic hydroxyl groups excluding tert-OH is 1. The summed E-state index contributed by atoms with van der Waals surface area (Å²) < 4.78 is 9.60. The van der Waals surface area contributed by atoms with Crippen molar-refractivity contribution < 1.29 is 9.84 Å². The van der Waals surface area contributed by atoms with Crippen LogP contribution in [0.5, 0.6) is 5.75 Å². The van der Waals surface area contributed by atoms with Gasteiger partial charge in [0.25, 0.3) is 0 Å². The van der Waals surface area contributed by atoms with Gasteiger partial charge in [0, 0.05) is 30.2 Å². The number of aromatic nitrogens is 5. The molecule has 1 N–H and O–H groups in total. The number of ether oxygens (including phenoxy) is 1. The lowest BCUT2D eigenvalue weighted by atomic mass is 10.1. The van der Waals surface area contributed by atoms with Crippen molar-refractivity contribution >= 4 is 11.2 Å². The van der Waals surface area contributed by atoms with E-state index < -0.39 is 0 Å². The van der Waals surface area contributed by atoms with Crippen LogP contribution in [0.4, 0.5) is 0 Å². The van der Waals surface area contributed by atoms with E-state index in [9.17, 15) is 5.11 Å². The molecule has 0 unspecified atom stereocenters. The van der Waals surface area contributed by atoms with Crippen LogP contribution in [0.25, 0.3) is 28.1 Å². The molecule has 0 bridgehead atoms. The average molecular weight is 403 g/mol. The molecular formula is C23H25N5O2. The van der Waals surface area contributed by atoms with Crippen molar-refractivity contribution in [1.82, 2.24) is 24.3 Å². The lowest BCUT2D eigenvalue weighted by Gasteiger charge is -2.17. The second-order valence-corrected chi connectivity index (χ2v) is 7.97. The molecule has 0 spiro atoms. The number of aryl methyl sites for hydroxylation is 2. The number of methoxy groups -OCH3 is 1. The molecule has 3 aromatic heterocycles. The average Bonchev–Trinajstić information content (AvgIpc) is 3.34. The van der Waals surface area contributed by atoms with Crippen LogP contribution < -0.4 is 4.74 Å². The highest BCUT2D eigenvalue weighted by atomic mass is 16.5. The van der Waals surface area contributed by atoms with E-state index in [1.807, 2.05) is 44.3 Å². The first-order chi connectivity index (χ1) is 14.6. The van der Waals surface area contributed by atoms with E-state index in [0.29, 0.717) is 5.92 Å². The Labute approximate surface area is 175 Å². The van der Waals surface area contributed by atoms with E-state index in [4.69, 9.17) is 14.7 Å². The van der Waals surface area contributed by atoms with Gasteiger partial charge in [-0.25, -0.2) is 14.6 Å². The highest BCUT2D eigenvalue weighted by Crippen LogP contribution is 2.41. The van der Waals surface area contributed by atoms with E-state index in [1.165, 1.54) is 0 Å². The molecule has 4 aromatic rings. The topological polar surface area (TPSA) is 78.0 Å². The van der Waals surface area contributed by atoms with Crippen LogP contribution in [-0.2, 0) is 0 Å². The molecule has 7 nitrogen and oxygen atoms in total. The summed E-state index contributed by atoms with van der Waals surface area (Å²) in [5, 5.41) is 14.2. The van der Waals surface area contributed by atoms with Crippen molar-refractivity contribution in [2.45, 2.75) is 32.7 Å². The van der Waals surface area contributed by atoms with Crippen molar-refractivity contribution in [2.75, 3.05) is 13.7 Å². The molecule has 1 saturated carbocycles. The minimum atomic E-state index is 0.0728. The van der Waals surface area contributed by atoms with E-state index >= 15 is 0 Å². The van der Waals surface area contributed by atoms with Gasteiger partial charge in [-0.3, -0.25) is 0 Å². The van der Waals surface area contributed by atoms with Gasteiger partial charge in [-0.2, -0.15) is 5.10 Å². The van der Waals surface area contributed by atoms with Crippen molar-refractivity contribution in [1.29, 1.82) is 0 Å². The molecule has 1 aromatic carbocycles. The van der Waals surface area contributed by atoms with Gasteiger partial charge in [0.15, 0.2) is 5.65 Å². The number of benzene rings is 1. The van der Waals surface area contributed by atoms with Crippen LogP contribution in [-0.4, -0.2) is 43.1 Å². The maximum absolute atomic E-state index is 9.94. The molecule has 0 saturated heterocycles. The molecule has 7 heteroatoms. The normalized spacial score (nSPS) is 14.9. The SMILES string of the molecule is COc1cc(-n2cccn2)ccc1-c1nc2c(C)cn([C@H](CO)C3CC3)c2nc1C. The fourth-order valence-corrected chi connectivity index (χ4v) is 4.18. The molecule has 1 aliphatic carbocycles. The molecule has 0 radical (unpaired) electrons. The Hall–Kier alpha value is -3.19. The summed E-state index contributed by atoms with van der Waals surface area (Å²) in [6, 6.07) is 7.93. The van der Waals surface area contributed by atoms with Gasteiger partial charge in [0.2, 0.25) is 0 Å². The lowest BCUT2D eigenvalue weighted by Crippen LogP contribution is -2.15. The van der Waals surface area contributed by atoms with Crippen molar-refractivity contribution in [2.24, 2.45) is 5.92 Å². The molecule has 1 fully saturated rings. The van der Waals surface area contributed by atoms with Gasteiger partial charge >= 0.3 is 0 Å². The number of aliphatic hydroxyl groups is 1. The van der Waals surface area contributed by atoms with E-state index in [-0.39, 0.29) is 12.6 Å². The zero-order chi connectivity index (χ0) is 20.8. The first kappa shape index (κ1) is 18.8. The fraction of sp³-hybridized carbons (Fsp3) is 0.348. The number of fused-ring (bicyclic) bond motifs is 1. The summed E-state index contributed by atoms with van der Waals surface area (Å²) in [5.74, 6) is 1.25. The predicted molar refractivity (Wildman–Crippen MR) is 115 cm³/mol. The third-order valence-electron chi connectivity index (χ3n) is 5.92. The molecule has 30 heavy (non-hydrogen) atoms. The Balaban J connectivity index is 1.63. The maximum atomic E-state index is 9.94. The highest BCUT2D eigenvalue weighted by molar-refractivity contribution is 5.81. The van der Waals surface area contributed by atoms with Crippen LogP contribution in [0.3, 0.4) is 0 Å². The van der Waals surface area contributed by atoms with Crippen molar-refractivity contribution in [3.05, 3.63) is 54.1 Å². The third-order valence-corrected chi connectivity index (χ3v) is 5.92. The first-order valence-electron chi connectivity index (χ1n) is 10.3. The van der Waals surface area contributed by atoms with Crippen LogP contribution in [0.1, 0.15) is 30.1 Å². The molecule has 1 atom stereocenters. The van der Waals surface area contributed by atoms with E-state index in [0.717, 1.165) is 58.0 Å². The number of nitrogens with zero attached hydrogens (tertiary/aromatic N) is 5. The van der Waals surface area contributed by atoms with Crippen LogP contribution in [0.15, 0.2) is 42.9 Å². The standard InChI is InChI=1S/C23H25N5O2/c1-14-12-27(19(13-29)16-5-6-16)23-21(14)26-22(15(2)25-23)18-8-7-17(11-20(18)30-3)28-10-4-9-24-28/h4,7-12,16,19,29H,5-6,13H2,1-3H3/t19-/m1/s1. The number of hydrogen-bond acceptors (Lipinski definition) is 5. The molecule has 3 heterocycles. The smallest absolute Gasteiger partial charge is 0.159 e. The molecule has 0 aliphatic heterocycles. The van der Waals surface area contributed by atoms with Gasteiger partial charge in [0.05, 0.1) is 36.8 Å². The summed E-state index contributed by atoms with van der Waals surface area (Å²) in [6.45, 7) is 4.14. The predicted octanol–water partition coefficient (Wildman–Crippen LogP) is 3.85. The highest BCUT2D eigenvalue weighted by Gasteiger charge is 2.33. The van der Waals surface area contributed by atoms with Crippen LogP contribution in [0.2, 0.25) is 0 Å². The quantitative estimate of drug-likeness (QED) is 0.529. The number of hydrogen-bond donors (Lipinski definition) is 1. The fourth-order valence-electron chi connectivity index (χ4n) is 4.18. The molecule has 5 rings (SSSR count). The van der Waals surface area contributed by atoms with Crippen LogP contribution in [0, 0.1) is 19.8 Å². The second-order valence-electron chi connectivity index (χ2n) is 7.97. The van der Waals surface area contributed by atoms with Gasteiger partial charge in [-0.15, -0.1) is 0 Å². The Kier molecular flexibility index (Phi) is 4.55. The zero-order valence-electron chi connectivity index (χ0n) is 17.4. The summed E-state index contributed by atoms with van der Waals surface area (Å²) in [5.41, 5.74) is 6.22. The largest absolute Gasteiger partial charge is 0.496 e. The molecule has 1 aliphatic rings. The summed E-state index contributed by atoms with van der Waals surface area (Å²) >= 11 is 0.